The largest absolute Gasteiger partial charge is 1.00 e. The minimum absolute atomic E-state index is 0. The maximum Gasteiger partial charge on any atom is 1.00 e. The van der Waals surface area contributed by atoms with E-state index in [0.29, 0.717) is 45.3 Å². The summed E-state index contributed by atoms with van der Waals surface area (Å²) in [6.45, 7) is 6.83. The van der Waals surface area contributed by atoms with Crippen LogP contribution in [0.15, 0.2) is 70.1 Å². The summed E-state index contributed by atoms with van der Waals surface area (Å²) in [5, 5.41) is 13.7. The summed E-state index contributed by atoms with van der Waals surface area (Å²) in [6, 6.07) is 8.79. The molecule has 0 aromatic heterocycles. The van der Waals surface area contributed by atoms with Gasteiger partial charge in [0.25, 0.3) is 0 Å². The van der Waals surface area contributed by atoms with Crippen LogP contribution >= 0.6 is 12.0 Å². The van der Waals surface area contributed by atoms with Crippen molar-refractivity contribution < 1.29 is 147 Å². The fourth-order valence-corrected chi connectivity index (χ4v) is 7.39. The van der Waals surface area contributed by atoms with E-state index in [2.05, 4.69) is 9.37 Å². The van der Waals surface area contributed by atoms with Gasteiger partial charge >= 0.3 is 88.7 Å². The van der Waals surface area contributed by atoms with Crippen molar-refractivity contribution in [1.29, 1.82) is 0 Å². The predicted octanol–water partition coefficient (Wildman–Crippen LogP) is -7.46. The fourth-order valence-electron chi connectivity index (χ4n) is 5.69. The topological polar surface area (TPSA) is 219 Å². The second-order valence-electron chi connectivity index (χ2n) is 11.4. The van der Waals surface area contributed by atoms with Crippen molar-refractivity contribution in [1.82, 2.24) is 0 Å². The normalized spacial score (nSPS) is 17.5. The Hall–Kier alpha value is 0.350. The van der Waals surface area contributed by atoms with Crippen LogP contribution in [0.2, 0.25) is 0 Å². The second-order valence-corrected chi connectivity index (χ2v) is 16.6. The zero-order chi connectivity index (χ0) is 33.6. The molecule has 0 saturated carbocycles. The van der Waals surface area contributed by atoms with Crippen LogP contribution in [0.25, 0.3) is 0 Å². The van der Waals surface area contributed by atoms with Crippen molar-refractivity contribution in [3.05, 3.63) is 71.5 Å². The van der Waals surface area contributed by atoms with Crippen LogP contribution in [0.3, 0.4) is 0 Å². The molecule has 0 N–H and O–H groups in total. The Morgan fingerprint density at radius 2 is 1.48 bits per heavy atom. The number of anilines is 1. The van der Waals surface area contributed by atoms with Crippen molar-refractivity contribution in [2.45, 2.75) is 48.3 Å². The summed E-state index contributed by atoms with van der Waals surface area (Å²) >= 11 is 0.681. The number of fused-ring (bicyclic) bond motifs is 2. The van der Waals surface area contributed by atoms with Gasteiger partial charge in [-0.15, -0.1) is 0 Å². The molecule has 0 atom stereocenters. The molecule has 0 radical (unpaired) electrons. The molecule has 0 fully saturated rings. The molecular formula is C27H29N2Na3O12S4. The summed E-state index contributed by atoms with van der Waals surface area (Å²) in [5.74, 6) is -1.43. The Kier molecular flexibility index (Phi) is 16.9. The zero-order valence-corrected chi connectivity index (χ0v) is 36.7. The third-order valence-electron chi connectivity index (χ3n) is 7.81. The van der Waals surface area contributed by atoms with Gasteiger partial charge in [0, 0.05) is 45.9 Å². The zero-order valence-electron chi connectivity index (χ0n) is 27.5. The molecule has 2 aliphatic rings. The molecule has 0 amide bonds. The van der Waals surface area contributed by atoms with Gasteiger partial charge in [-0.1, -0.05) is 19.9 Å². The van der Waals surface area contributed by atoms with E-state index in [9.17, 15) is 44.2 Å². The number of rotatable bonds is 12. The number of nitrogens with zero attached hydrogens (tertiary/aromatic N) is 2. The Morgan fingerprint density at radius 3 is 2.04 bits per heavy atom. The molecule has 21 heteroatoms. The standard InChI is InChI=1S/C27H32N2O12S4.3Na/c1-26(2)20-16-18(42-41-40-30)8-10-22(20)28(12-14-43(31,32)33)24(26)6-5-7-25-27(3,4)21-17-19(45(37,38)39)9-11-23(21)29(25)13-15-44(34,35)36;;;/h5-11,16-17H,12-15H2,1-4H3,(H3-,30,31,32,33,34,35,36,37,38,39);;;/q;3*+1/p-3. The van der Waals surface area contributed by atoms with Gasteiger partial charge in [-0.25, -0.2) is 25.3 Å². The van der Waals surface area contributed by atoms with E-state index in [0.717, 1.165) is 11.6 Å². The Bertz CT molecular complexity index is 1950. The van der Waals surface area contributed by atoms with Crippen molar-refractivity contribution in [2.24, 2.45) is 0 Å². The average Bonchev–Trinajstić information content (AvgIpc) is 3.26. The van der Waals surface area contributed by atoms with E-state index >= 15 is 0 Å². The molecule has 2 aromatic rings. The van der Waals surface area contributed by atoms with Crippen molar-refractivity contribution in [3.63, 3.8) is 0 Å². The smallest absolute Gasteiger partial charge is 0.748 e. The first-order valence-electron chi connectivity index (χ1n) is 13.2. The van der Waals surface area contributed by atoms with Gasteiger partial charge < -0.3 is 23.8 Å². The molecule has 0 bridgehead atoms. The Labute approximate surface area is 351 Å². The summed E-state index contributed by atoms with van der Waals surface area (Å²) in [6.07, 6.45) is 4.99. The molecule has 246 valence electrons. The molecule has 0 unspecified atom stereocenters. The maximum absolute atomic E-state index is 11.7. The molecule has 48 heavy (non-hydrogen) atoms. The van der Waals surface area contributed by atoms with Crippen LogP contribution in [-0.2, 0) is 50.6 Å². The number of hydrogen-bond donors (Lipinski definition) is 0. The summed E-state index contributed by atoms with van der Waals surface area (Å²) in [4.78, 5) is 1.63. The van der Waals surface area contributed by atoms with E-state index in [4.69, 9.17) is 0 Å². The first-order chi connectivity index (χ1) is 20.7. The molecule has 14 nitrogen and oxygen atoms in total. The number of benzene rings is 2. The van der Waals surface area contributed by atoms with Gasteiger partial charge in [0.15, 0.2) is 12.3 Å². The third-order valence-corrected chi connectivity index (χ3v) is 10.6. The predicted molar refractivity (Wildman–Crippen MR) is 158 cm³/mol. The van der Waals surface area contributed by atoms with Gasteiger partial charge in [0.05, 0.1) is 44.0 Å². The summed E-state index contributed by atoms with van der Waals surface area (Å²) < 4.78 is 111. The molecule has 2 aromatic carbocycles. The van der Waals surface area contributed by atoms with Crippen LogP contribution in [0.5, 0.6) is 0 Å². The Morgan fingerprint density at radius 1 is 0.854 bits per heavy atom. The SMILES string of the molecule is CC1(C)C(C=C/C=C2/N(CCS(=O)(=O)[O-])c3ccc(S(=O)(=O)[O-])cc3C2(C)C)=[N+](CCS(=O)(=O)[O-])c2ccc(SOO[O-])cc21.[Na+].[Na+].[Na+]. The quantitative estimate of drug-likeness (QED) is 0.0489. The van der Waals surface area contributed by atoms with Gasteiger partial charge in [0.2, 0.25) is 5.69 Å². The first-order valence-corrected chi connectivity index (χ1v) is 18.5. The molecule has 2 aliphatic heterocycles. The minimum atomic E-state index is -4.80. The summed E-state index contributed by atoms with van der Waals surface area (Å²) in [5.41, 5.74) is 1.60. The second kappa shape index (κ2) is 17.5. The van der Waals surface area contributed by atoms with Crippen LogP contribution in [-0.4, -0.2) is 73.8 Å². The van der Waals surface area contributed by atoms with E-state index in [1.54, 1.807) is 59.8 Å². The van der Waals surface area contributed by atoms with Gasteiger partial charge in [-0.05, 0) is 55.8 Å². The molecule has 0 spiro atoms. The van der Waals surface area contributed by atoms with Crippen LogP contribution in [0, 0.1) is 0 Å². The molecule has 0 aliphatic carbocycles. The molecular weight excluding hydrogens is 742 g/mol. The van der Waals surface area contributed by atoms with Crippen LogP contribution < -0.4 is 98.8 Å². The van der Waals surface area contributed by atoms with E-state index in [-0.39, 0.29) is 102 Å². The van der Waals surface area contributed by atoms with Crippen LogP contribution in [0.1, 0.15) is 38.8 Å². The van der Waals surface area contributed by atoms with Gasteiger partial charge in [0.1, 0.15) is 20.2 Å². The van der Waals surface area contributed by atoms with Crippen LogP contribution in [0.4, 0.5) is 11.4 Å². The van der Waals surface area contributed by atoms with Crippen molar-refractivity contribution >= 4 is 59.5 Å². The van der Waals surface area contributed by atoms with E-state index in [1.807, 2.05) is 13.8 Å². The van der Waals surface area contributed by atoms with Crippen molar-refractivity contribution in [2.75, 3.05) is 29.5 Å². The number of hydrogen-bond acceptors (Lipinski definition) is 14. The van der Waals surface area contributed by atoms with Gasteiger partial charge in [-0.2, -0.15) is 8.91 Å². The molecule has 4 rings (SSSR count). The van der Waals surface area contributed by atoms with E-state index in [1.165, 1.54) is 12.1 Å². The average molecular weight is 771 g/mol. The van der Waals surface area contributed by atoms with Gasteiger partial charge in [-0.3, -0.25) is 5.04 Å². The molecule has 2 heterocycles. The molecule has 0 saturated heterocycles. The fraction of sp³-hybridized carbons (Fsp3) is 0.370. The van der Waals surface area contributed by atoms with E-state index < -0.39 is 57.6 Å². The number of allylic oxidation sites excluding steroid dienone is 4. The van der Waals surface area contributed by atoms with Crippen molar-refractivity contribution in [3.8, 4) is 0 Å². The monoisotopic (exact) mass is 770 g/mol. The summed E-state index contributed by atoms with van der Waals surface area (Å²) in [7, 11) is -14.0. The minimum Gasteiger partial charge on any atom is -0.748 e. The maximum atomic E-state index is 11.7. The Balaban J connectivity index is 0.00000384. The third kappa shape index (κ3) is 10.7. The first kappa shape index (κ1) is 46.4.